The van der Waals surface area contributed by atoms with Crippen LogP contribution >= 0.6 is 34.2 Å². The van der Waals surface area contributed by atoms with Gasteiger partial charge in [0.25, 0.3) is 0 Å². The number of hydrogen-bond donors (Lipinski definition) is 0. The second-order valence-corrected chi connectivity index (χ2v) is 6.86. The first kappa shape index (κ1) is 14.3. The highest BCUT2D eigenvalue weighted by Crippen LogP contribution is 2.43. The Hall–Kier alpha value is -0.680. The van der Waals surface area contributed by atoms with E-state index in [4.69, 9.17) is 11.6 Å². The molecule has 2 aromatic rings. The Kier molecular flexibility index (Phi) is 4.26. The van der Waals surface area contributed by atoms with Gasteiger partial charge in [0, 0.05) is 6.20 Å². The Morgan fingerprint density at radius 3 is 2.40 bits per heavy atom. The zero-order chi connectivity index (χ0) is 14.0. The summed E-state index contributed by atoms with van der Waals surface area (Å²) in [7, 11) is 0. The summed E-state index contributed by atoms with van der Waals surface area (Å²) in [6.45, 7) is 0. The van der Waals surface area contributed by atoms with Crippen molar-refractivity contribution in [3.05, 3.63) is 56.6 Å². The van der Waals surface area contributed by atoms with Gasteiger partial charge >= 0.3 is 0 Å². The summed E-state index contributed by atoms with van der Waals surface area (Å²) in [6, 6.07) is 10.6. The number of rotatable bonds is 2. The zero-order valence-electron chi connectivity index (χ0n) is 11.1. The molecule has 3 rings (SSSR count). The molecule has 0 N–H and O–H groups in total. The molecule has 1 heterocycles. The van der Waals surface area contributed by atoms with Gasteiger partial charge in [0.1, 0.15) is 11.0 Å². The van der Waals surface area contributed by atoms with Gasteiger partial charge in [-0.15, -0.1) is 0 Å². The van der Waals surface area contributed by atoms with Gasteiger partial charge in [-0.25, -0.2) is 9.97 Å². The van der Waals surface area contributed by atoms with Crippen molar-refractivity contribution >= 4 is 34.2 Å². The van der Waals surface area contributed by atoms with Crippen molar-refractivity contribution < 1.29 is 0 Å². The van der Waals surface area contributed by atoms with Crippen molar-refractivity contribution in [3.8, 4) is 0 Å². The lowest BCUT2D eigenvalue weighted by atomic mass is 9.69. The Morgan fingerprint density at radius 2 is 1.75 bits per heavy atom. The van der Waals surface area contributed by atoms with E-state index < -0.39 is 0 Å². The summed E-state index contributed by atoms with van der Waals surface area (Å²) in [5.41, 5.74) is 1.25. The van der Waals surface area contributed by atoms with Crippen LogP contribution in [0.3, 0.4) is 0 Å². The van der Waals surface area contributed by atoms with Gasteiger partial charge in [0.15, 0.2) is 0 Å². The summed E-state index contributed by atoms with van der Waals surface area (Å²) >= 11 is 8.40. The van der Waals surface area contributed by atoms with Crippen molar-refractivity contribution in [1.82, 2.24) is 9.97 Å². The molecule has 0 saturated heterocycles. The lowest BCUT2D eigenvalue weighted by Gasteiger charge is -2.36. The number of nitrogens with zero attached hydrogens (tertiary/aromatic N) is 2. The molecule has 0 spiro atoms. The third kappa shape index (κ3) is 2.58. The number of halogens is 2. The summed E-state index contributed by atoms with van der Waals surface area (Å²) in [5.74, 6) is 0.883. The standard InChI is InChI=1S/C16H16ClIN2/c17-14-13(18)11-19-15(20-14)16(9-5-2-6-10-16)12-7-3-1-4-8-12/h1,3-4,7-8,11H,2,5-6,9-10H2. The Labute approximate surface area is 138 Å². The number of hydrogen-bond acceptors (Lipinski definition) is 2. The van der Waals surface area contributed by atoms with Crippen LogP contribution in [0, 0.1) is 3.57 Å². The van der Waals surface area contributed by atoms with Crippen LogP contribution in [0.2, 0.25) is 5.15 Å². The smallest absolute Gasteiger partial charge is 0.146 e. The predicted molar refractivity (Wildman–Crippen MR) is 90.1 cm³/mol. The molecule has 0 radical (unpaired) electrons. The van der Waals surface area contributed by atoms with E-state index in [0.717, 1.165) is 22.2 Å². The maximum absolute atomic E-state index is 6.22. The van der Waals surface area contributed by atoms with E-state index in [1.54, 1.807) is 0 Å². The van der Waals surface area contributed by atoms with Crippen molar-refractivity contribution in [3.63, 3.8) is 0 Å². The molecule has 1 saturated carbocycles. The molecule has 1 aliphatic carbocycles. The number of benzene rings is 1. The molecular weight excluding hydrogens is 383 g/mol. The van der Waals surface area contributed by atoms with Crippen molar-refractivity contribution in [2.24, 2.45) is 0 Å². The molecule has 1 aromatic heterocycles. The minimum Gasteiger partial charge on any atom is -0.239 e. The lowest BCUT2D eigenvalue weighted by molar-refractivity contribution is 0.330. The fourth-order valence-corrected chi connectivity index (χ4v) is 3.52. The molecule has 0 unspecified atom stereocenters. The van der Waals surface area contributed by atoms with E-state index >= 15 is 0 Å². The average molecular weight is 399 g/mol. The van der Waals surface area contributed by atoms with E-state index in [9.17, 15) is 0 Å². The largest absolute Gasteiger partial charge is 0.239 e. The average Bonchev–Trinajstić information content (AvgIpc) is 2.51. The highest BCUT2D eigenvalue weighted by Gasteiger charge is 2.38. The van der Waals surface area contributed by atoms with E-state index in [1.807, 2.05) is 6.20 Å². The lowest BCUT2D eigenvalue weighted by Crippen LogP contribution is -2.32. The van der Waals surface area contributed by atoms with Crippen molar-refractivity contribution in [2.45, 2.75) is 37.5 Å². The zero-order valence-corrected chi connectivity index (χ0v) is 14.1. The molecular formula is C16H16ClIN2. The molecule has 20 heavy (non-hydrogen) atoms. The minimum absolute atomic E-state index is 0.0620. The fourth-order valence-electron chi connectivity index (χ4n) is 3.13. The van der Waals surface area contributed by atoms with E-state index in [2.05, 4.69) is 62.9 Å². The molecule has 104 valence electrons. The summed E-state index contributed by atoms with van der Waals surface area (Å²) in [5, 5.41) is 0.566. The molecule has 0 atom stereocenters. The van der Waals surface area contributed by atoms with Crippen LogP contribution in [0.15, 0.2) is 36.5 Å². The highest BCUT2D eigenvalue weighted by molar-refractivity contribution is 14.1. The van der Waals surface area contributed by atoms with Crippen LogP contribution in [0.5, 0.6) is 0 Å². The quantitative estimate of drug-likeness (QED) is 0.526. The maximum Gasteiger partial charge on any atom is 0.146 e. The minimum atomic E-state index is -0.0620. The van der Waals surface area contributed by atoms with Crippen LogP contribution in [0.4, 0.5) is 0 Å². The summed E-state index contributed by atoms with van der Waals surface area (Å²) in [4.78, 5) is 9.20. The highest BCUT2D eigenvalue weighted by atomic mass is 127. The summed E-state index contributed by atoms with van der Waals surface area (Å²) in [6.07, 6.45) is 7.79. The molecule has 0 bridgehead atoms. The normalized spacial score (nSPS) is 17.9. The second-order valence-electron chi connectivity index (χ2n) is 5.34. The van der Waals surface area contributed by atoms with Crippen molar-refractivity contribution in [2.75, 3.05) is 0 Å². The Morgan fingerprint density at radius 1 is 1.05 bits per heavy atom. The van der Waals surface area contributed by atoms with Crippen LogP contribution in [-0.2, 0) is 5.41 Å². The Bertz CT molecular complexity index is 595. The van der Waals surface area contributed by atoms with Crippen LogP contribution < -0.4 is 0 Å². The molecule has 1 aromatic carbocycles. The SMILES string of the molecule is Clc1nc(C2(c3ccccc3)CCCCC2)ncc1I. The van der Waals surface area contributed by atoms with Gasteiger partial charge in [-0.1, -0.05) is 61.2 Å². The van der Waals surface area contributed by atoms with Crippen LogP contribution in [0.25, 0.3) is 0 Å². The molecule has 1 fully saturated rings. The molecule has 4 heteroatoms. The van der Waals surface area contributed by atoms with Gasteiger partial charge in [-0.2, -0.15) is 0 Å². The second kappa shape index (κ2) is 5.98. The van der Waals surface area contributed by atoms with Gasteiger partial charge in [-0.05, 0) is 41.0 Å². The van der Waals surface area contributed by atoms with Gasteiger partial charge < -0.3 is 0 Å². The molecule has 0 aliphatic heterocycles. The van der Waals surface area contributed by atoms with Gasteiger partial charge in [-0.3, -0.25) is 0 Å². The molecule has 2 nitrogen and oxygen atoms in total. The third-order valence-corrected chi connectivity index (χ3v) is 5.56. The van der Waals surface area contributed by atoms with Gasteiger partial charge in [0.05, 0.1) is 8.99 Å². The third-order valence-electron chi connectivity index (χ3n) is 4.16. The number of aromatic nitrogens is 2. The Balaban J connectivity index is 2.12. The van der Waals surface area contributed by atoms with E-state index in [1.165, 1.54) is 24.8 Å². The fraction of sp³-hybridized carbons (Fsp3) is 0.375. The van der Waals surface area contributed by atoms with Gasteiger partial charge in [0.2, 0.25) is 0 Å². The first-order valence-corrected chi connectivity index (χ1v) is 8.42. The first-order chi connectivity index (χ1) is 9.72. The van der Waals surface area contributed by atoms with E-state index in [0.29, 0.717) is 5.15 Å². The predicted octanol–water partition coefficient (Wildman–Crippen LogP) is 4.98. The van der Waals surface area contributed by atoms with Crippen LogP contribution in [-0.4, -0.2) is 9.97 Å². The molecule has 0 amide bonds. The van der Waals surface area contributed by atoms with Crippen molar-refractivity contribution in [1.29, 1.82) is 0 Å². The summed E-state index contributed by atoms with van der Waals surface area (Å²) < 4.78 is 0.909. The first-order valence-electron chi connectivity index (χ1n) is 6.96. The maximum atomic E-state index is 6.22. The monoisotopic (exact) mass is 398 g/mol. The van der Waals surface area contributed by atoms with Crippen LogP contribution in [0.1, 0.15) is 43.5 Å². The van der Waals surface area contributed by atoms with E-state index in [-0.39, 0.29) is 5.41 Å². The molecule has 1 aliphatic rings. The topological polar surface area (TPSA) is 25.8 Å².